The predicted molar refractivity (Wildman–Crippen MR) is 38.4 cm³/mol. The topological polar surface area (TPSA) is 38.9 Å². The van der Waals surface area contributed by atoms with Crippen molar-refractivity contribution in [1.82, 2.24) is 4.98 Å². The summed E-state index contributed by atoms with van der Waals surface area (Å²) in [5.74, 6) is 0. The summed E-state index contributed by atoms with van der Waals surface area (Å²) in [5.41, 5.74) is 4.39. The van der Waals surface area contributed by atoms with E-state index in [0.717, 1.165) is 6.20 Å². The van der Waals surface area contributed by atoms with Gasteiger partial charge in [-0.1, -0.05) is 0 Å². The highest BCUT2D eigenvalue weighted by molar-refractivity contribution is 5.45. The van der Waals surface area contributed by atoms with Gasteiger partial charge in [-0.15, -0.1) is 0 Å². The van der Waals surface area contributed by atoms with E-state index in [1.807, 2.05) is 0 Å². The SMILES string of the molecule is Cc1cnc(C(F)(F)F)c(N)c1. The summed E-state index contributed by atoms with van der Waals surface area (Å²) >= 11 is 0. The van der Waals surface area contributed by atoms with E-state index in [9.17, 15) is 13.2 Å². The van der Waals surface area contributed by atoms with Gasteiger partial charge in [0, 0.05) is 6.20 Å². The molecule has 0 aliphatic heterocycles. The molecule has 66 valence electrons. The molecule has 0 saturated carbocycles. The van der Waals surface area contributed by atoms with Crippen LogP contribution in [0.15, 0.2) is 12.3 Å². The number of rotatable bonds is 0. The summed E-state index contributed by atoms with van der Waals surface area (Å²) < 4.78 is 36.1. The molecule has 2 N–H and O–H groups in total. The zero-order chi connectivity index (χ0) is 9.35. The second-order valence-corrected chi connectivity index (χ2v) is 2.45. The van der Waals surface area contributed by atoms with Crippen molar-refractivity contribution < 1.29 is 13.2 Å². The minimum absolute atomic E-state index is 0.331. The molecule has 12 heavy (non-hydrogen) atoms. The number of hydrogen-bond donors (Lipinski definition) is 1. The molecule has 0 aromatic carbocycles. The van der Waals surface area contributed by atoms with E-state index in [-0.39, 0.29) is 5.69 Å². The van der Waals surface area contributed by atoms with Crippen LogP contribution >= 0.6 is 0 Å². The van der Waals surface area contributed by atoms with E-state index in [4.69, 9.17) is 5.73 Å². The molecule has 0 radical (unpaired) electrons. The van der Waals surface area contributed by atoms with Crippen molar-refractivity contribution in [3.63, 3.8) is 0 Å². The maximum absolute atomic E-state index is 12.0. The molecule has 0 fully saturated rings. The third kappa shape index (κ3) is 1.66. The molecule has 0 saturated heterocycles. The summed E-state index contributed by atoms with van der Waals surface area (Å²) in [7, 11) is 0. The first-order valence-electron chi connectivity index (χ1n) is 3.20. The molecule has 0 unspecified atom stereocenters. The normalized spacial score (nSPS) is 11.7. The molecule has 0 amide bonds. The second-order valence-electron chi connectivity index (χ2n) is 2.45. The first kappa shape index (κ1) is 8.83. The summed E-state index contributed by atoms with van der Waals surface area (Å²) in [6.07, 6.45) is -3.32. The maximum atomic E-state index is 12.0. The predicted octanol–water partition coefficient (Wildman–Crippen LogP) is 1.99. The van der Waals surface area contributed by atoms with E-state index in [1.54, 1.807) is 6.92 Å². The number of aromatic nitrogens is 1. The number of anilines is 1. The van der Waals surface area contributed by atoms with Gasteiger partial charge in [0.25, 0.3) is 0 Å². The van der Waals surface area contributed by atoms with Crippen molar-refractivity contribution in [3.05, 3.63) is 23.5 Å². The maximum Gasteiger partial charge on any atom is 0.435 e. The highest BCUT2D eigenvalue weighted by Gasteiger charge is 2.34. The quantitative estimate of drug-likeness (QED) is 0.656. The van der Waals surface area contributed by atoms with Crippen LogP contribution in [-0.4, -0.2) is 4.98 Å². The minimum Gasteiger partial charge on any atom is -0.397 e. The van der Waals surface area contributed by atoms with Crippen molar-refractivity contribution >= 4 is 5.69 Å². The highest BCUT2D eigenvalue weighted by Crippen LogP contribution is 2.31. The molecule has 0 aliphatic carbocycles. The largest absolute Gasteiger partial charge is 0.435 e. The van der Waals surface area contributed by atoms with Crippen LogP contribution in [-0.2, 0) is 6.18 Å². The summed E-state index contributed by atoms with van der Waals surface area (Å²) in [4.78, 5) is 3.20. The zero-order valence-corrected chi connectivity index (χ0v) is 6.31. The molecular formula is C7H7F3N2. The Hall–Kier alpha value is -1.26. The Kier molecular flexibility index (Phi) is 1.95. The number of pyridine rings is 1. The molecule has 0 atom stereocenters. The van der Waals surface area contributed by atoms with Crippen LogP contribution in [0.5, 0.6) is 0 Å². The van der Waals surface area contributed by atoms with Crippen LogP contribution in [0.2, 0.25) is 0 Å². The Morgan fingerprint density at radius 3 is 2.42 bits per heavy atom. The first-order chi connectivity index (χ1) is 5.41. The Morgan fingerprint density at radius 1 is 1.42 bits per heavy atom. The van der Waals surface area contributed by atoms with Gasteiger partial charge in [-0.25, -0.2) is 4.98 Å². The van der Waals surface area contributed by atoms with E-state index in [1.165, 1.54) is 6.07 Å². The third-order valence-corrected chi connectivity index (χ3v) is 1.32. The lowest BCUT2D eigenvalue weighted by Crippen LogP contribution is -2.11. The van der Waals surface area contributed by atoms with Crippen LogP contribution in [0.1, 0.15) is 11.3 Å². The van der Waals surface area contributed by atoms with Gasteiger partial charge >= 0.3 is 6.18 Å². The van der Waals surface area contributed by atoms with Crippen LogP contribution in [0.4, 0.5) is 18.9 Å². The van der Waals surface area contributed by atoms with Crippen molar-refractivity contribution in [1.29, 1.82) is 0 Å². The molecule has 2 nitrogen and oxygen atoms in total. The molecule has 1 heterocycles. The molecule has 0 bridgehead atoms. The molecular weight excluding hydrogens is 169 g/mol. The van der Waals surface area contributed by atoms with Crippen LogP contribution < -0.4 is 5.73 Å². The fraction of sp³-hybridized carbons (Fsp3) is 0.286. The van der Waals surface area contributed by atoms with Gasteiger partial charge in [-0.2, -0.15) is 13.2 Å². The van der Waals surface area contributed by atoms with Gasteiger partial charge in [0.05, 0.1) is 5.69 Å². The standard InChI is InChI=1S/C7H7F3N2/c1-4-2-5(11)6(12-3-4)7(8,9)10/h2-3H,11H2,1H3. The van der Waals surface area contributed by atoms with E-state index in [0.29, 0.717) is 5.56 Å². The molecule has 0 aliphatic rings. The molecule has 1 aromatic rings. The summed E-state index contributed by atoms with van der Waals surface area (Å²) in [5, 5.41) is 0. The van der Waals surface area contributed by atoms with Crippen molar-refractivity contribution in [3.8, 4) is 0 Å². The fourth-order valence-electron chi connectivity index (χ4n) is 0.829. The van der Waals surface area contributed by atoms with Crippen LogP contribution in [0.25, 0.3) is 0 Å². The number of nitrogens with two attached hydrogens (primary N) is 1. The summed E-state index contributed by atoms with van der Waals surface area (Å²) in [6, 6.07) is 1.25. The van der Waals surface area contributed by atoms with Crippen molar-refractivity contribution in [2.24, 2.45) is 0 Å². The minimum atomic E-state index is -4.46. The molecule has 0 spiro atoms. The smallest absolute Gasteiger partial charge is 0.397 e. The summed E-state index contributed by atoms with van der Waals surface area (Å²) in [6.45, 7) is 1.63. The Bertz CT molecular complexity index is 293. The fourth-order valence-corrected chi connectivity index (χ4v) is 0.829. The molecule has 1 aromatic heterocycles. The number of halogens is 3. The average Bonchev–Trinajstić information content (AvgIpc) is 1.83. The van der Waals surface area contributed by atoms with Gasteiger partial charge in [0.2, 0.25) is 0 Å². The number of nitrogen functional groups attached to an aromatic ring is 1. The Morgan fingerprint density at radius 2 is 2.00 bits per heavy atom. The third-order valence-electron chi connectivity index (χ3n) is 1.32. The number of aryl methyl sites for hydroxylation is 1. The van der Waals surface area contributed by atoms with Crippen LogP contribution in [0, 0.1) is 6.92 Å². The monoisotopic (exact) mass is 176 g/mol. The lowest BCUT2D eigenvalue weighted by Gasteiger charge is -2.08. The van der Waals surface area contributed by atoms with E-state index in [2.05, 4.69) is 4.98 Å². The number of hydrogen-bond acceptors (Lipinski definition) is 2. The lowest BCUT2D eigenvalue weighted by molar-refractivity contribution is -0.140. The van der Waals surface area contributed by atoms with Crippen molar-refractivity contribution in [2.45, 2.75) is 13.1 Å². The Labute approximate surface area is 67.2 Å². The van der Waals surface area contributed by atoms with Crippen LogP contribution in [0.3, 0.4) is 0 Å². The molecule has 5 heteroatoms. The zero-order valence-electron chi connectivity index (χ0n) is 6.31. The second kappa shape index (κ2) is 2.66. The van der Waals surface area contributed by atoms with E-state index < -0.39 is 11.9 Å². The van der Waals surface area contributed by atoms with Gasteiger partial charge in [0.15, 0.2) is 5.69 Å². The Balaban J connectivity index is 3.19. The highest BCUT2D eigenvalue weighted by atomic mass is 19.4. The lowest BCUT2D eigenvalue weighted by atomic mass is 10.2. The average molecular weight is 176 g/mol. The van der Waals surface area contributed by atoms with Crippen molar-refractivity contribution in [2.75, 3.05) is 5.73 Å². The van der Waals surface area contributed by atoms with Gasteiger partial charge in [-0.05, 0) is 18.6 Å². The van der Waals surface area contributed by atoms with Gasteiger partial charge in [-0.3, -0.25) is 0 Å². The van der Waals surface area contributed by atoms with E-state index >= 15 is 0 Å². The number of nitrogens with zero attached hydrogens (tertiary/aromatic N) is 1. The number of alkyl halides is 3. The van der Waals surface area contributed by atoms with Gasteiger partial charge in [0.1, 0.15) is 0 Å². The van der Waals surface area contributed by atoms with Gasteiger partial charge < -0.3 is 5.73 Å². The molecule has 1 rings (SSSR count). The first-order valence-corrected chi connectivity index (χ1v) is 3.20.